The Hall–Kier alpha value is -1.95. The number of amides is 1. The Bertz CT molecular complexity index is 638. The smallest absolute Gasteiger partial charge is 0.230 e. The lowest BCUT2D eigenvalue weighted by molar-refractivity contribution is -0.121. The number of hydrogen-bond donors (Lipinski definition) is 2. The minimum atomic E-state index is -0.00763. The van der Waals surface area contributed by atoms with Gasteiger partial charge in [-0.3, -0.25) is 4.79 Å². The Balaban J connectivity index is 1.52. The topological polar surface area (TPSA) is 79.9 Å². The highest BCUT2D eigenvalue weighted by molar-refractivity contribution is 5.95. The summed E-state index contributed by atoms with van der Waals surface area (Å²) in [5, 5.41) is 13.5. The van der Waals surface area contributed by atoms with Gasteiger partial charge in [0.1, 0.15) is 11.0 Å². The van der Waals surface area contributed by atoms with Gasteiger partial charge in [-0.05, 0) is 37.5 Å². The van der Waals surface area contributed by atoms with E-state index in [1.54, 1.807) is 0 Å². The minimum Gasteiger partial charge on any atom is -0.374 e. The quantitative estimate of drug-likeness (QED) is 0.854. The van der Waals surface area contributed by atoms with Gasteiger partial charge in [-0.25, -0.2) is 0 Å². The summed E-state index contributed by atoms with van der Waals surface area (Å²) in [6.45, 7) is 0. The first-order valence-corrected chi connectivity index (χ1v) is 6.56. The molecule has 3 heterocycles. The highest BCUT2D eigenvalue weighted by atomic mass is 16.5. The number of nitrogens with zero attached hydrogens (tertiary/aromatic N) is 2. The number of hydrogen-bond acceptors (Lipinski definition) is 4. The predicted octanol–water partition coefficient (Wildman–Crippen LogP) is 1.46. The summed E-state index contributed by atoms with van der Waals surface area (Å²) in [4.78, 5) is 12.2. The summed E-state index contributed by atoms with van der Waals surface area (Å²) in [6.07, 6.45) is 3.35. The van der Waals surface area contributed by atoms with E-state index in [-0.39, 0.29) is 17.9 Å². The number of H-pyrrole nitrogens is 1. The van der Waals surface area contributed by atoms with Gasteiger partial charge in [0, 0.05) is 5.69 Å². The average Bonchev–Trinajstić information content (AvgIpc) is 3.13. The van der Waals surface area contributed by atoms with E-state index in [0.717, 1.165) is 36.0 Å². The van der Waals surface area contributed by atoms with E-state index in [2.05, 4.69) is 20.7 Å². The number of carbonyl (C=O) groups excluding carboxylic acids is 1. The van der Waals surface area contributed by atoms with Crippen LogP contribution in [-0.4, -0.2) is 33.5 Å². The van der Waals surface area contributed by atoms with Crippen LogP contribution in [0.3, 0.4) is 0 Å². The van der Waals surface area contributed by atoms with Crippen molar-refractivity contribution in [1.29, 1.82) is 0 Å². The van der Waals surface area contributed by atoms with Gasteiger partial charge in [0.15, 0.2) is 0 Å². The molecule has 2 fully saturated rings. The van der Waals surface area contributed by atoms with Gasteiger partial charge in [0.2, 0.25) is 5.91 Å². The molecule has 2 saturated heterocycles. The molecule has 0 saturated carbocycles. The molecule has 0 unspecified atom stereocenters. The van der Waals surface area contributed by atoms with Crippen LogP contribution < -0.4 is 5.32 Å². The van der Waals surface area contributed by atoms with E-state index < -0.39 is 0 Å². The Morgan fingerprint density at radius 3 is 3.00 bits per heavy atom. The molecule has 2 aliphatic rings. The van der Waals surface area contributed by atoms with Crippen molar-refractivity contribution in [1.82, 2.24) is 15.4 Å². The lowest BCUT2D eigenvalue weighted by Gasteiger charge is -2.17. The first-order valence-electron chi connectivity index (χ1n) is 6.56. The van der Waals surface area contributed by atoms with Gasteiger partial charge in [-0.2, -0.15) is 15.4 Å². The number of ether oxygens (including phenoxy) is 1. The molecular formula is C13H14N4O2. The zero-order valence-corrected chi connectivity index (χ0v) is 10.3. The summed E-state index contributed by atoms with van der Waals surface area (Å²) in [5.41, 5.74) is 2.30. The molecule has 0 radical (unpaired) electrons. The summed E-state index contributed by atoms with van der Waals surface area (Å²) >= 11 is 0. The van der Waals surface area contributed by atoms with Gasteiger partial charge in [0.05, 0.1) is 18.1 Å². The number of aromatic amines is 1. The van der Waals surface area contributed by atoms with E-state index in [4.69, 9.17) is 4.74 Å². The lowest BCUT2D eigenvalue weighted by Crippen LogP contribution is -2.30. The molecule has 2 N–H and O–H groups in total. The Kier molecular flexibility index (Phi) is 2.32. The maximum atomic E-state index is 12.2. The third kappa shape index (κ3) is 1.79. The fourth-order valence-electron chi connectivity index (χ4n) is 3.07. The largest absolute Gasteiger partial charge is 0.374 e. The first kappa shape index (κ1) is 10.9. The Morgan fingerprint density at radius 2 is 2.21 bits per heavy atom. The van der Waals surface area contributed by atoms with Crippen LogP contribution in [0.1, 0.15) is 19.3 Å². The minimum absolute atomic E-state index is 0.00763. The number of rotatable bonds is 2. The average molecular weight is 258 g/mol. The summed E-state index contributed by atoms with van der Waals surface area (Å²) in [6, 6.07) is 5.51. The number of aromatic nitrogens is 3. The van der Waals surface area contributed by atoms with Crippen LogP contribution in [0.2, 0.25) is 0 Å². The van der Waals surface area contributed by atoms with Crippen LogP contribution >= 0.6 is 0 Å². The van der Waals surface area contributed by atoms with Crippen molar-refractivity contribution >= 4 is 22.6 Å². The summed E-state index contributed by atoms with van der Waals surface area (Å²) in [5.74, 6) is 0.0433. The third-order valence-corrected chi connectivity index (χ3v) is 4.03. The molecule has 1 aromatic heterocycles. The highest BCUT2D eigenvalue weighted by Crippen LogP contribution is 2.39. The van der Waals surface area contributed by atoms with E-state index in [1.807, 2.05) is 18.2 Å². The van der Waals surface area contributed by atoms with Gasteiger partial charge in [-0.15, -0.1) is 0 Å². The van der Waals surface area contributed by atoms with Gasteiger partial charge in [0.25, 0.3) is 0 Å². The van der Waals surface area contributed by atoms with Crippen LogP contribution in [-0.2, 0) is 9.53 Å². The molecule has 6 nitrogen and oxygen atoms in total. The monoisotopic (exact) mass is 258 g/mol. The van der Waals surface area contributed by atoms with Gasteiger partial charge < -0.3 is 10.1 Å². The molecule has 0 aliphatic carbocycles. The van der Waals surface area contributed by atoms with Crippen LogP contribution in [0.25, 0.3) is 11.0 Å². The molecule has 6 heteroatoms. The summed E-state index contributed by atoms with van der Waals surface area (Å²) in [7, 11) is 0. The number of nitrogens with one attached hydrogen (secondary N) is 2. The van der Waals surface area contributed by atoms with Gasteiger partial charge >= 0.3 is 0 Å². The fraction of sp³-hybridized carbons (Fsp3) is 0.462. The number of anilines is 1. The van der Waals surface area contributed by atoms with Crippen molar-refractivity contribution < 1.29 is 9.53 Å². The molecule has 2 bridgehead atoms. The summed E-state index contributed by atoms with van der Waals surface area (Å²) < 4.78 is 5.71. The van der Waals surface area contributed by atoms with Crippen LogP contribution in [0.4, 0.5) is 5.69 Å². The van der Waals surface area contributed by atoms with Crippen molar-refractivity contribution in [2.45, 2.75) is 31.5 Å². The van der Waals surface area contributed by atoms with Crippen molar-refractivity contribution in [3.63, 3.8) is 0 Å². The first-order chi connectivity index (χ1) is 9.29. The molecule has 3 atom stereocenters. The van der Waals surface area contributed by atoms with E-state index >= 15 is 0 Å². The van der Waals surface area contributed by atoms with Gasteiger partial charge in [-0.1, -0.05) is 0 Å². The number of benzene rings is 1. The maximum Gasteiger partial charge on any atom is 0.230 e. The molecule has 0 spiro atoms. The fourth-order valence-corrected chi connectivity index (χ4v) is 3.07. The Morgan fingerprint density at radius 1 is 1.32 bits per heavy atom. The molecular weight excluding hydrogens is 244 g/mol. The molecule has 2 aliphatic heterocycles. The second-order valence-corrected chi connectivity index (χ2v) is 5.23. The van der Waals surface area contributed by atoms with Crippen LogP contribution in [0.5, 0.6) is 0 Å². The normalized spacial score (nSPS) is 28.9. The SMILES string of the molecule is O=C(Nc1ccc2n[nH]nc2c1)[C@H]1C[C@H]2CC[C@H]1O2. The van der Waals surface area contributed by atoms with E-state index in [1.165, 1.54) is 0 Å². The third-order valence-electron chi connectivity index (χ3n) is 4.03. The van der Waals surface area contributed by atoms with Crippen molar-refractivity contribution in [3.05, 3.63) is 18.2 Å². The van der Waals surface area contributed by atoms with Crippen LogP contribution in [0.15, 0.2) is 18.2 Å². The predicted molar refractivity (Wildman–Crippen MR) is 68.5 cm³/mol. The zero-order valence-electron chi connectivity index (χ0n) is 10.3. The van der Waals surface area contributed by atoms with E-state index in [9.17, 15) is 4.79 Å². The second-order valence-electron chi connectivity index (χ2n) is 5.23. The maximum absolute atomic E-state index is 12.2. The zero-order chi connectivity index (χ0) is 12.8. The van der Waals surface area contributed by atoms with Crippen molar-refractivity contribution in [2.75, 3.05) is 5.32 Å². The standard InChI is InChI=1S/C13H14N4O2/c18-13(9-6-8-2-4-12(9)19-8)14-7-1-3-10-11(5-7)16-17-15-10/h1,3,5,8-9,12H,2,4,6H2,(H,14,18)(H,15,16,17)/t8-,9+,12-/m1/s1. The Labute approximate surface area is 109 Å². The molecule has 1 aromatic carbocycles. The molecule has 1 amide bonds. The molecule has 98 valence electrons. The molecule has 2 aromatic rings. The molecule has 19 heavy (non-hydrogen) atoms. The number of fused-ring (bicyclic) bond motifs is 3. The molecule has 4 rings (SSSR count). The highest BCUT2D eigenvalue weighted by Gasteiger charge is 2.44. The number of carbonyl (C=O) groups is 1. The van der Waals surface area contributed by atoms with Crippen molar-refractivity contribution in [3.8, 4) is 0 Å². The van der Waals surface area contributed by atoms with Crippen LogP contribution in [0, 0.1) is 5.92 Å². The lowest BCUT2D eigenvalue weighted by atomic mass is 9.88. The van der Waals surface area contributed by atoms with Crippen molar-refractivity contribution in [2.24, 2.45) is 5.92 Å². The van der Waals surface area contributed by atoms with E-state index in [0.29, 0.717) is 6.10 Å². The second kappa shape index (κ2) is 4.03.